The van der Waals surface area contributed by atoms with Crippen LogP contribution in [0.5, 0.6) is 0 Å². The van der Waals surface area contributed by atoms with Crippen LogP contribution in [0.4, 0.5) is 0 Å². The van der Waals surface area contributed by atoms with Gasteiger partial charge < -0.3 is 4.90 Å². The first kappa shape index (κ1) is 21.0. The average Bonchev–Trinajstić information content (AvgIpc) is 2.49. The van der Waals surface area contributed by atoms with Crippen molar-refractivity contribution in [2.24, 2.45) is 0 Å². The minimum atomic E-state index is 1.31. The molecule has 128 valence electrons. The summed E-state index contributed by atoms with van der Waals surface area (Å²) in [6, 6.07) is 0. The number of unbranched alkanes of at least 4 members (excludes halogenated alkanes) is 13. The highest BCUT2D eigenvalue weighted by Crippen LogP contribution is 2.10. The SMILES string of the molecule is CCCCCCCCCCN(C)CCCCCCCCC. The molecule has 0 amide bonds. The molecule has 0 spiro atoms. The van der Waals surface area contributed by atoms with Gasteiger partial charge in [-0.05, 0) is 33.0 Å². The topological polar surface area (TPSA) is 3.24 Å². The fourth-order valence-electron chi connectivity index (χ4n) is 2.97. The Morgan fingerprint density at radius 1 is 0.429 bits per heavy atom. The summed E-state index contributed by atoms with van der Waals surface area (Å²) in [5.41, 5.74) is 0. The van der Waals surface area contributed by atoms with Crippen molar-refractivity contribution in [3.05, 3.63) is 0 Å². The summed E-state index contributed by atoms with van der Waals surface area (Å²) in [6.07, 6.45) is 21.4. The second-order valence-corrected chi connectivity index (χ2v) is 6.90. The standard InChI is InChI=1S/C20H43N/c1-4-6-8-10-12-14-16-18-20-21(3)19-17-15-13-11-9-7-5-2/h4-20H2,1-3H3. The molecule has 0 aromatic carbocycles. The quantitative estimate of drug-likeness (QED) is 0.266. The van der Waals surface area contributed by atoms with Crippen molar-refractivity contribution in [2.75, 3.05) is 20.1 Å². The molecule has 0 aliphatic carbocycles. The largest absolute Gasteiger partial charge is 0.306 e. The van der Waals surface area contributed by atoms with E-state index in [1.165, 1.54) is 109 Å². The van der Waals surface area contributed by atoms with Gasteiger partial charge in [0, 0.05) is 0 Å². The molecule has 0 radical (unpaired) electrons. The van der Waals surface area contributed by atoms with Gasteiger partial charge in [0.1, 0.15) is 0 Å². The summed E-state index contributed by atoms with van der Waals surface area (Å²) in [4.78, 5) is 2.54. The molecule has 0 rings (SSSR count). The van der Waals surface area contributed by atoms with Gasteiger partial charge in [0.25, 0.3) is 0 Å². The Bertz CT molecular complexity index is 179. The predicted octanol–water partition coefficient (Wildman–Crippen LogP) is 6.81. The van der Waals surface area contributed by atoms with Gasteiger partial charge in [-0.25, -0.2) is 0 Å². The molecule has 1 heteroatoms. The fourth-order valence-corrected chi connectivity index (χ4v) is 2.97. The third-order valence-electron chi connectivity index (χ3n) is 4.54. The van der Waals surface area contributed by atoms with Crippen molar-refractivity contribution in [1.82, 2.24) is 4.90 Å². The van der Waals surface area contributed by atoms with Gasteiger partial charge in [0.15, 0.2) is 0 Å². The molecule has 1 nitrogen and oxygen atoms in total. The van der Waals surface area contributed by atoms with Crippen LogP contribution < -0.4 is 0 Å². The lowest BCUT2D eigenvalue weighted by Gasteiger charge is -2.16. The summed E-state index contributed by atoms with van der Waals surface area (Å²) >= 11 is 0. The van der Waals surface area contributed by atoms with E-state index in [1.54, 1.807) is 0 Å². The molecule has 0 N–H and O–H groups in total. The maximum absolute atomic E-state index is 2.54. The number of hydrogen-bond donors (Lipinski definition) is 0. The highest BCUT2D eigenvalue weighted by atomic mass is 15.1. The van der Waals surface area contributed by atoms with Crippen LogP contribution in [0.2, 0.25) is 0 Å². The molecular weight excluding hydrogens is 254 g/mol. The molecule has 0 aromatic heterocycles. The van der Waals surface area contributed by atoms with Gasteiger partial charge in [-0.15, -0.1) is 0 Å². The van der Waals surface area contributed by atoms with Crippen LogP contribution >= 0.6 is 0 Å². The summed E-state index contributed by atoms with van der Waals surface area (Å²) in [5, 5.41) is 0. The normalized spacial score (nSPS) is 11.4. The van der Waals surface area contributed by atoms with E-state index in [1.807, 2.05) is 0 Å². The Balaban J connectivity index is 3.11. The maximum atomic E-state index is 2.54. The van der Waals surface area contributed by atoms with Crippen molar-refractivity contribution >= 4 is 0 Å². The van der Waals surface area contributed by atoms with Gasteiger partial charge in [-0.1, -0.05) is 97.3 Å². The minimum Gasteiger partial charge on any atom is -0.306 e. The Labute approximate surface area is 135 Å². The molecule has 0 bridgehead atoms. The molecule has 0 aromatic rings. The average molecular weight is 298 g/mol. The zero-order valence-electron chi connectivity index (χ0n) is 15.5. The second kappa shape index (κ2) is 18.0. The maximum Gasteiger partial charge on any atom is -0.00218 e. The van der Waals surface area contributed by atoms with E-state index in [0.29, 0.717) is 0 Å². The molecule has 0 aliphatic heterocycles. The molecule has 21 heavy (non-hydrogen) atoms. The molecular formula is C20H43N. The third kappa shape index (κ3) is 17.9. The lowest BCUT2D eigenvalue weighted by Crippen LogP contribution is -2.20. The van der Waals surface area contributed by atoms with Crippen molar-refractivity contribution < 1.29 is 0 Å². The minimum absolute atomic E-state index is 1.31. The first-order valence-electron chi connectivity index (χ1n) is 9.99. The summed E-state index contributed by atoms with van der Waals surface area (Å²) in [6.45, 7) is 7.20. The third-order valence-corrected chi connectivity index (χ3v) is 4.54. The van der Waals surface area contributed by atoms with Gasteiger partial charge in [0.05, 0.1) is 0 Å². The van der Waals surface area contributed by atoms with E-state index in [2.05, 4.69) is 25.8 Å². The van der Waals surface area contributed by atoms with Gasteiger partial charge in [-0.3, -0.25) is 0 Å². The molecule has 0 unspecified atom stereocenters. The highest BCUT2D eigenvalue weighted by Gasteiger charge is 1.98. The summed E-state index contributed by atoms with van der Waals surface area (Å²) in [7, 11) is 2.30. The van der Waals surface area contributed by atoms with Crippen LogP contribution in [-0.2, 0) is 0 Å². The van der Waals surface area contributed by atoms with Gasteiger partial charge in [-0.2, -0.15) is 0 Å². The van der Waals surface area contributed by atoms with Crippen LogP contribution in [0.15, 0.2) is 0 Å². The van der Waals surface area contributed by atoms with E-state index in [9.17, 15) is 0 Å². The lowest BCUT2D eigenvalue weighted by molar-refractivity contribution is 0.314. The van der Waals surface area contributed by atoms with Crippen LogP contribution in [0.25, 0.3) is 0 Å². The van der Waals surface area contributed by atoms with E-state index in [0.717, 1.165) is 0 Å². The van der Waals surface area contributed by atoms with Crippen molar-refractivity contribution in [2.45, 2.75) is 110 Å². The zero-order chi connectivity index (χ0) is 15.6. The van der Waals surface area contributed by atoms with Crippen LogP contribution in [0.1, 0.15) is 110 Å². The fraction of sp³-hybridized carbons (Fsp3) is 1.00. The van der Waals surface area contributed by atoms with E-state index < -0.39 is 0 Å². The molecule has 0 fully saturated rings. The number of hydrogen-bond acceptors (Lipinski definition) is 1. The van der Waals surface area contributed by atoms with Crippen molar-refractivity contribution in [3.8, 4) is 0 Å². The Morgan fingerprint density at radius 3 is 1.05 bits per heavy atom. The second-order valence-electron chi connectivity index (χ2n) is 6.90. The molecule has 0 aliphatic rings. The first-order valence-corrected chi connectivity index (χ1v) is 9.99. The monoisotopic (exact) mass is 297 g/mol. The molecule has 0 saturated heterocycles. The number of nitrogens with zero attached hydrogens (tertiary/aromatic N) is 1. The van der Waals surface area contributed by atoms with E-state index in [-0.39, 0.29) is 0 Å². The first-order chi connectivity index (χ1) is 10.3. The van der Waals surface area contributed by atoms with E-state index >= 15 is 0 Å². The molecule has 0 saturated carbocycles. The Morgan fingerprint density at radius 2 is 0.714 bits per heavy atom. The van der Waals surface area contributed by atoms with Crippen molar-refractivity contribution in [1.29, 1.82) is 0 Å². The Kier molecular flexibility index (Phi) is 18.0. The smallest absolute Gasteiger partial charge is 0.00218 e. The van der Waals surface area contributed by atoms with Crippen molar-refractivity contribution in [3.63, 3.8) is 0 Å². The zero-order valence-corrected chi connectivity index (χ0v) is 15.5. The highest BCUT2D eigenvalue weighted by molar-refractivity contribution is 4.54. The van der Waals surface area contributed by atoms with Gasteiger partial charge >= 0.3 is 0 Å². The summed E-state index contributed by atoms with van der Waals surface area (Å²) < 4.78 is 0. The summed E-state index contributed by atoms with van der Waals surface area (Å²) in [5.74, 6) is 0. The van der Waals surface area contributed by atoms with E-state index in [4.69, 9.17) is 0 Å². The van der Waals surface area contributed by atoms with Gasteiger partial charge in [0.2, 0.25) is 0 Å². The molecule has 0 heterocycles. The van der Waals surface area contributed by atoms with Crippen LogP contribution in [0, 0.1) is 0 Å². The van der Waals surface area contributed by atoms with Crippen LogP contribution in [0.3, 0.4) is 0 Å². The predicted molar refractivity (Wildman–Crippen MR) is 98.1 cm³/mol. The number of rotatable bonds is 17. The Hall–Kier alpha value is -0.0400. The van der Waals surface area contributed by atoms with Crippen LogP contribution in [-0.4, -0.2) is 25.0 Å². The lowest BCUT2D eigenvalue weighted by atomic mass is 10.1. The molecule has 0 atom stereocenters.